The molecule has 0 aliphatic rings. The zero-order valence-electron chi connectivity index (χ0n) is 8.31. The summed E-state index contributed by atoms with van der Waals surface area (Å²) in [4.78, 5) is 0. The van der Waals surface area contributed by atoms with Crippen LogP contribution in [0, 0.1) is 0 Å². The molecule has 0 aromatic rings. The van der Waals surface area contributed by atoms with Gasteiger partial charge in [-0.3, -0.25) is 0 Å². The van der Waals surface area contributed by atoms with E-state index in [1.807, 2.05) is 0 Å². The van der Waals surface area contributed by atoms with Crippen LogP contribution in [0.1, 0.15) is 26.7 Å². The lowest BCUT2D eigenvalue weighted by Crippen LogP contribution is -2.20. The van der Waals surface area contributed by atoms with Gasteiger partial charge in [0, 0.05) is 6.61 Å². The Morgan fingerprint density at radius 2 is 1.92 bits per heavy atom. The average Bonchev–Trinajstić information content (AvgIpc) is 2.02. The van der Waals surface area contributed by atoms with E-state index in [1.165, 1.54) is 0 Å². The van der Waals surface area contributed by atoms with Crippen LogP contribution in [0.2, 0.25) is 0 Å². The number of ether oxygens (including phenoxy) is 1. The summed E-state index contributed by atoms with van der Waals surface area (Å²) >= 11 is 0. The van der Waals surface area contributed by atoms with E-state index in [9.17, 15) is 0 Å². The largest absolute Gasteiger partial charge is 0.379 e. The second-order valence-electron chi connectivity index (χ2n) is 3.17. The molecule has 0 atom stereocenters. The molecule has 3 N–H and O–H groups in total. The second-order valence-corrected chi connectivity index (χ2v) is 3.17. The van der Waals surface area contributed by atoms with Gasteiger partial charge in [-0.1, -0.05) is 0 Å². The monoisotopic (exact) mass is 174 g/mol. The SMILES string of the molecule is CC(C)OCCCNCCCN. The van der Waals surface area contributed by atoms with Gasteiger partial charge in [0.25, 0.3) is 0 Å². The standard InChI is InChI=1S/C9H22N2O/c1-9(2)12-8-4-7-11-6-3-5-10/h9,11H,3-8,10H2,1-2H3. The van der Waals surface area contributed by atoms with Gasteiger partial charge in [-0.2, -0.15) is 0 Å². The Labute approximate surface area is 75.7 Å². The van der Waals surface area contributed by atoms with Crippen molar-refractivity contribution in [2.45, 2.75) is 32.8 Å². The quantitative estimate of drug-likeness (QED) is 0.534. The molecule has 0 amide bonds. The highest BCUT2D eigenvalue weighted by molar-refractivity contribution is 4.48. The van der Waals surface area contributed by atoms with Gasteiger partial charge in [0.1, 0.15) is 0 Å². The predicted octanol–water partition coefficient (Wildman–Crippen LogP) is 0.740. The molecular weight excluding hydrogens is 152 g/mol. The van der Waals surface area contributed by atoms with Gasteiger partial charge in [-0.25, -0.2) is 0 Å². The van der Waals surface area contributed by atoms with Gasteiger partial charge >= 0.3 is 0 Å². The molecule has 12 heavy (non-hydrogen) atoms. The molecule has 0 spiro atoms. The number of rotatable bonds is 8. The molecule has 0 saturated carbocycles. The summed E-state index contributed by atoms with van der Waals surface area (Å²) in [5, 5.41) is 3.30. The Hall–Kier alpha value is -0.120. The summed E-state index contributed by atoms with van der Waals surface area (Å²) in [5.41, 5.74) is 5.34. The predicted molar refractivity (Wildman–Crippen MR) is 52.2 cm³/mol. The first kappa shape index (κ1) is 11.9. The maximum atomic E-state index is 5.38. The van der Waals surface area contributed by atoms with Gasteiger partial charge in [-0.05, 0) is 46.3 Å². The highest BCUT2D eigenvalue weighted by Crippen LogP contribution is 1.88. The summed E-state index contributed by atoms with van der Waals surface area (Å²) in [7, 11) is 0. The zero-order valence-corrected chi connectivity index (χ0v) is 8.31. The van der Waals surface area contributed by atoms with Crippen LogP contribution in [0.3, 0.4) is 0 Å². The highest BCUT2D eigenvalue weighted by Gasteiger charge is 1.92. The molecule has 3 nitrogen and oxygen atoms in total. The van der Waals surface area contributed by atoms with Crippen LogP contribution in [0.15, 0.2) is 0 Å². The summed E-state index contributed by atoms with van der Waals surface area (Å²) in [6.45, 7) is 7.80. The van der Waals surface area contributed by atoms with Gasteiger partial charge in [0.15, 0.2) is 0 Å². The van der Waals surface area contributed by atoms with E-state index in [2.05, 4.69) is 19.2 Å². The van der Waals surface area contributed by atoms with Crippen molar-refractivity contribution >= 4 is 0 Å². The van der Waals surface area contributed by atoms with Crippen LogP contribution >= 0.6 is 0 Å². The fraction of sp³-hybridized carbons (Fsp3) is 1.00. The zero-order chi connectivity index (χ0) is 9.23. The second kappa shape index (κ2) is 8.97. The molecule has 3 heteroatoms. The van der Waals surface area contributed by atoms with Crippen molar-refractivity contribution < 1.29 is 4.74 Å². The third-order valence-electron chi connectivity index (χ3n) is 1.51. The minimum atomic E-state index is 0.356. The summed E-state index contributed by atoms with van der Waals surface area (Å²) in [6.07, 6.45) is 2.50. The topological polar surface area (TPSA) is 47.3 Å². The highest BCUT2D eigenvalue weighted by atomic mass is 16.5. The van der Waals surface area contributed by atoms with E-state index in [4.69, 9.17) is 10.5 Å². The molecule has 0 aromatic carbocycles. The molecule has 0 aliphatic heterocycles. The lowest BCUT2D eigenvalue weighted by molar-refractivity contribution is 0.0771. The van der Waals surface area contributed by atoms with Gasteiger partial charge in [-0.15, -0.1) is 0 Å². The average molecular weight is 174 g/mol. The van der Waals surface area contributed by atoms with Crippen molar-refractivity contribution in [3.63, 3.8) is 0 Å². The van der Waals surface area contributed by atoms with Crippen LogP contribution in [-0.2, 0) is 4.74 Å². The maximum Gasteiger partial charge on any atom is 0.0518 e. The minimum Gasteiger partial charge on any atom is -0.379 e. The van der Waals surface area contributed by atoms with Crippen molar-refractivity contribution in [1.82, 2.24) is 5.32 Å². The minimum absolute atomic E-state index is 0.356. The molecule has 0 rings (SSSR count). The molecule has 0 aliphatic carbocycles. The maximum absolute atomic E-state index is 5.38. The molecule has 0 saturated heterocycles. The smallest absolute Gasteiger partial charge is 0.0518 e. The third-order valence-corrected chi connectivity index (χ3v) is 1.51. The van der Waals surface area contributed by atoms with E-state index in [0.717, 1.165) is 39.1 Å². The van der Waals surface area contributed by atoms with Crippen LogP contribution < -0.4 is 11.1 Å². The third kappa shape index (κ3) is 9.88. The molecule has 0 unspecified atom stereocenters. The first-order valence-corrected chi connectivity index (χ1v) is 4.79. The Morgan fingerprint density at radius 1 is 1.25 bits per heavy atom. The molecule has 74 valence electrons. The van der Waals surface area contributed by atoms with E-state index in [0.29, 0.717) is 6.10 Å². The fourth-order valence-electron chi connectivity index (χ4n) is 0.868. The van der Waals surface area contributed by atoms with Crippen LogP contribution in [-0.4, -0.2) is 32.3 Å². The van der Waals surface area contributed by atoms with Gasteiger partial charge < -0.3 is 15.8 Å². The summed E-state index contributed by atoms with van der Waals surface area (Å²) < 4.78 is 5.38. The number of nitrogens with one attached hydrogen (secondary N) is 1. The van der Waals surface area contributed by atoms with Gasteiger partial charge in [0.2, 0.25) is 0 Å². The molecular formula is C9H22N2O. The molecule has 0 aromatic heterocycles. The van der Waals surface area contributed by atoms with Crippen LogP contribution in [0.4, 0.5) is 0 Å². The molecule has 0 bridgehead atoms. The lowest BCUT2D eigenvalue weighted by atomic mass is 10.4. The van der Waals surface area contributed by atoms with E-state index >= 15 is 0 Å². The van der Waals surface area contributed by atoms with Crippen molar-refractivity contribution in [2.24, 2.45) is 5.73 Å². The number of nitrogens with two attached hydrogens (primary N) is 1. The Kier molecular flexibility index (Phi) is 8.88. The summed E-state index contributed by atoms with van der Waals surface area (Å²) in [5.74, 6) is 0. The van der Waals surface area contributed by atoms with Gasteiger partial charge in [0.05, 0.1) is 6.10 Å². The van der Waals surface area contributed by atoms with E-state index < -0.39 is 0 Å². The van der Waals surface area contributed by atoms with Crippen molar-refractivity contribution in [2.75, 3.05) is 26.2 Å². The number of hydrogen-bond donors (Lipinski definition) is 2. The Bertz CT molecular complexity index is 86.6. The summed E-state index contributed by atoms with van der Waals surface area (Å²) in [6, 6.07) is 0. The van der Waals surface area contributed by atoms with Crippen molar-refractivity contribution in [3.8, 4) is 0 Å². The number of hydrogen-bond acceptors (Lipinski definition) is 3. The normalized spacial score (nSPS) is 11.0. The molecule has 0 radical (unpaired) electrons. The van der Waals surface area contributed by atoms with Crippen molar-refractivity contribution in [3.05, 3.63) is 0 Å². The van der Waals surface area contributed by atoms with Crippen LogP contribution in [0.5, 0.6) is 0 Å². The first-order chi connectivity index (χ1) is 5.77. The fourth-order valence-corrected chi connectivity index (χ4v) is 0.868. The Balaban J connectivity index is 2.82. The van der Waals surface area contributed by atoms with Crippen molar-refractivity contribution in [1.29, 1.82) is 0 Å². The first-order valence-electron chi connectivity index (χ1n) is 4.79. The van der Waals surface area contributed by atoms with E-state index in [1.54, 1.807) is 0 Å². The molecule has 0 heterocycles. The van der Waals surface area contributed by atoms with Crippen LogP contribution in [0.25, 0.3) is 0 Å². The van der Waals surface area contributed by atoms with E-state index in [-0.39, 0.29) is 0 Å². The lowest BCUT2D eigenvalue weighted by Gasteiger charge is -2.07. The molecule has 0 fully saturated rings. The Morgan fingerprint density at radius 3 is 2.50 bits per heavy atom.